The summed E-state index contributed by atoms with van der Waals surface area (Å²) in [7, 11) is 3.32. The van der Waals surface area contributed by atoms with Crippen LogP contribution in [0.3, 0.4) is 0 Å². The maximum absolute atomic E-state index is 12.6. The van der Waals surface area contributed by atoms with Crippen molar-refractivity contribution in [2.75, 3.05) is 19.1 Å². The number of methoxy groups -OCH3 is 1. The van der Waals surface area contributed by atoms with Crippen molar-refractivity contribution in [3.63, 3.8) is 0 Å². The molecule has 1 amide bonds. The first-order valence-corrected chi connectivity index (χ1v) is 7.20. The molecule has 0 aliphatic heterocycles. The van der Waals surface area contributed by atoms with Gasteiger partial charge in [0, 0.05) is 18.3 Å². The maximum atomic E-state index is 12.6. The predicted molar refractivity (Wildman–Crippen MR) is 87.9 cm³/mol. The molecule has 2 rings (SSSR count). The van der Waals surface area contributed by atoms with Crippen LogP contribution in [0.1, 0.15) is 24.2 Å². The summed E-state index contributed by atoms with van der Waals surface area (Å²) in [4.78, 5) is 14.2. The van der Waals surface area contributed by atoms with Crippen LogP contribution in [0.5, 0.6) is 11.5 Å². The fourth-order valence-corrected chi connectivity index (χ4v) is 2.11. The lowest BCUT2D eigenvalue weighted by Gasteiger charge is -2.19. The molecule has 0 spiro atoms. The Labute approximate surface area is 131 Å². The molecule has 2 aromatic carbocycles. The standard InChI is InChI=1S/C18H21NO3/c1-13(2)22-16-11-10-14(12-17(16)21-4)18(20)19(3)15-8-6-5-7-9-15/h5-13H,1-4H3. The zero-order valence-corrected chi connectivity index (χ0v) is 13.4. The molecule has 0 N–H and O–H groups in total. The highest BCUT2D eigenvalue weighted by Crippen LogP contribution is 2.29. The van der Waals surface area contributed by atoms with Crippen LogP contribution in [0, 0.1) is 0 Å². The lowest BCUT2D eigenvalue weighted by molar-refractivity contribution is 0.0992. The highest BCUT2D eigenvalue weighted by atomic mass is 16.5. The van der Waals surface area contributed by atoms with Crippen LogP contribution in [0.4, 0.5) is 5.69 Å². The summed E-state index contributed by atoms with van der Waals surface area (Å²) in [5.74, 6) is 1.10. The number of amides is 1. The van der Waals surface area contributed by atoms with Gasteiger partial charge in [0.05, 0.1) is 13.2 Å². The molecular formula is C18H21NO3. The number of ether oxygens (including phenoxy) is 2. The third-order valence-electron chi connectivity index (χ3n) is 3.22. The predicted octanol–water partition coefficient (Wildman–Crippen LogP) is 3.76. The SMILES string of the molecule is COc1cc(C(=O)N(C)c2ccccc2)ccc1OC(C)C. The molecule has 0 aliphatic carbocycles. The zero-order chi connectivity index (χ0) is 16.1. The number of carbonyl (C=O) groups excluding carboxylic acids is 1. The van der Waals surface area contributed by atoms with E-state index in [-0.39, 0.29) is 12.0 Å². The lowest BCUT2D eigenvalue weighted by atomic mass is 10.1. The zero-order valence-electron chi connectivity index (χ0n) is 13.4. The van der Waals surface area contributed by atoms with Crippen LogP contribution in [0.15, 0.2) is 48.5 Å². The quantitative estimate of drug-likeness (QED) is 0.844. The van der Waals surface area contributed by atoms with Gasteiger partial charge in [-0.3, -0.25) is 4.79 Å². The summed E-state index contributed by atoms with van der Waals surface area (Å²) in [6, 6.07) is 14.7. The minimum atomic E-state index is -0.0967. The highest BCUT2D eigenvalue weighted by molar-refractivity contribution is 6.06. The second-order valence-electron chi connectivity index (χ2n) is 5.23. The Balaban J connectivity index is 2.27. The molecule has 0 radical (unpaired) electrons. The Morgan fingerprint density at radius 3 is 2.32 bits per heavy atom. The Bertz CT molecular complexity index is 638. The van der Waals surface area contributed by atoms with E-state index in [0.29, 0.717) is 17.1 Å². The van der Waals surface area contributed by atoms with Crippen molar-refractivity contribution in [1.82, 2.24) is 0 Å². The molecule has 0 heterocycles. The average Bonchev–Trinajstić information content (AvgIpc) is 2.54. The van der Waals surface area contributed by atoms with E-state index in [4.69, 9.17) is 9.47 Å². The molecule has 0 bridgehead atoms. The highest BCUT2D eigenvalue weighted by Gasteiger charge is 2.16. The second-order valence-corrected chi connectivity index (χ2v) is 5.23. The molecule has 0 saturated heterocycles. The van der Waals surface area contributed by atoms with Gasteiger partial charge >= 0.3 is 0 Å². The maximum Gasteiger partial charge on any atom is 0.258 e. The van der Waals surface area contributed by atoms with Crippen molar-refractivity contribution in [3.8, 4) is 11.5 Å². The Morgan fingerprint density at radius 2 is 1.73 bits per heavy atom. The third kappa shape index (κ3) is 3.58. The summed E-state index contributed by atoms with van der Waals surface area (Å²) in [6.07, 6.45) is 0.0439. The molecule has 0 aromatic heterocycles. The summed E-state index contributed by atoms with van der Waals surface area (Å²) < 4.78 is 11.0. The molecule has 4 nitrogen and oxygen atoms in total. The first kappa shape index (κ1) is 15.9. The minimum absolute atomic E-state index is 0.0439. The van der Waals surface area contributed by atoms with E-state index in [9.17, 15) is 4.79 Å². The molecule has 0 atom stereocenters. The van der Waals surface area contributed by atoms with Gasteiger partial charge in [0.2, 0.25) is 0 Å². The fourth-order valence-electron chi connectivity index (χ4n) is 2.11. The Hall–Kier alpha value is -2.49. The summed E-state index contributed by atoms with van der Waals surface area (Å²) in [5, 5.41) is 0. The lowest BCUT2D eigenvalue weighted by Crippen LogP contribution is -2.26. The van der Waals surface area contributed by atoms with Gasteiger partial charge in [0.15, 0.2) is 11.5 Å². The van der Waals surface area contributed by atoms with Crippen molar-refractivity contribution in [1.29, 1.82) is 0 Å². The Kier molecular flexibility index (Phi) is 5.04. The number of nitrogens with zero attached hydrogens (tertiary/aromatic N) is 1. The van der Waals surface area contributed by atoms with Gasteiger partial charge in [-0.2, -0.15) is 0 Å². The fraction of sp³-hybridized carbons (Fsp3) is 0.278. The number of rotatable bonds is 5. The normalized spacial score (nSPS) is 10.4. The molecule has 0 unspecified atom stereocenters. The van der Waals surface area contributed by atoms with E-state index < -0.39 is 0 Å². The molecule has 0 fully saturated rings. The minimum Gasteiger partial charge on any atom is -0.493 e. The number of hydrogen-bond donors (Lipinski definition) is 0. The van der Waals surface area contributed by atoms with E-state index in [1.165, 1.54) is 0 Å². The average molecular weight is 299 g/mol. The van der Waals surface area contributed by atoms with Crippen LogP contribution < -0.4 is 14.4 Å². The van der Waals surface area contributed by atoms with Crippen LogP contribution in [0.25, 0.3) is 0 Å². The van der Waals surface area contributed by atoms with Crippen molar-refractivity contribution < 1.29 is 14.3 Å². The van der Waals surface area contributed by atoms with E-state index in [0.717, 1.165) is 5.69 Å². The first-order valence-electron chi connectivity index (χ1n) is 7.20. The number of anilines is 1. The molecule has 116 valence electrons. The van der Waals surface area contributed by atoms with Crippen molar-refractivity contribution in [3.05, 3.63) is 54.1 Å². The Morgan fingerprint density at radius 1 is 1.05 bits per heavy atom. The van der Waals surface area contributed by atoms with Crippen LogP contribution in [-0.2, 0) is 0 Å². The van der Waals surface area contributed by atoms with E-state index in [2.05, 4.69) is 0 Å². The second kappa shape index (κ2) is 6.98. The topological polar surface area (TPSA) is 38.8 Å². The first-order chi connectivity index (χ1) is 10.5. The van der Waals surface area contributed by atoms with Crippen LogP contribution >= 0.6 is 0 Å². The third-order valence-corrected chi connectivity index (χ3v) is 3.22. The molecule has 0 saturated carbocycles. The summed E-state index contributed by atoms with van der Waals surface area (Å²) >= 11 is 0. The molecule has 2 aromatic rings. The molecule has 0 aliphatic rings. The van der Waals surface area contributed by atoms with Gasteiger partial charge in [0.25, 0.3) is 5.91 Å². The van der Waals surface area contributed by atoms with Crippen molar-refractivity contribution in [2.45, 2.75) is 20.0 Å². The number of hydrogen-bond acceptors (Lipinski definition) is 3. The van der Waals surface area contributed by atoms with Gasteiger partial charge in [-0.05, 0) is 44.2 Å². The van der Waals surface area contributed by atoms with Gasteiger partial charge in [-0.1, -0.05) is 18.2 Å². The van der Waals surface area contributed by atoms with Gasteiger partial charge in [-0.25, -0.2) is 0 Å². The summed E-state index contributed by atoms with van der Waals surface area (Å²) in [5.41, 5.74) is 1.40. The smallest absolute Gasteiger partial charge is 0.258 e. The molecular weight excluding hydrogens is 278 g/mol. The van der Waals surface area contributed by atoms with Crippen LogP contribution in [-0.4, -0.2) is 26.2 Å². The monoisotopic (exact) mass is 299 g/mol. The van der Waals surface area contributed by atoms with Gasteiger partial charge < -0.3 is 14.4 Å². The number of benzene rings is 2. The number of carbonyl (C=O) groups is 1. The van der Waals surface area contributed by atoms with E-state index in [1.54, 1.807) is 37.3 Å². The van der Waals surface area contributed by atoms with Gasteiger partial charge in [-0.15, -0.1) is 0 Å². The van der Waals surface area contributed by atoms with Gasteiger partial charge in [0.1, 0.15) is 0 Å². The molecule has 22 heavy (non-hydrogen) atoms. The summed E-state index contributed by atoms with van der Waals surface area (Å²) in [6.45, 7) is 3.89. The van der Waals surface area contributed by atoms with Crippen molar-refractivity contribution >= 4 is 11.6 Å². The number of para-hydroxylation sites is 1. The molecule has 4 heteroatoms. The van der Waals surface area contributed by atoms with E-state index >= 15 is 0 Å². The largest absolute Gasteiger partial charge is 0.493 e. The van der Waals surface area contributed by atoms with Crippen molar-refractivity contribution in [2.24, 2.45) is 0 Å². The van der Waals surface area contributed by atoms with E-state index in [1.807, 2.05) is 44.2 Å². The van der Waals surface area contributed by atoms with Crippen LogP contribution in [0.2, 0.25) is 0 Å².